The molecule has 6 nitrogen and oxygen atoms in total. The Morgan fingerprint density at radius 1 is 1.35 bits per heavy atom. The molecule has 0 saturated heterocycles. The summed E-state index contributed by atoms with van der Waals surface area (Å²) in [7, 11) is 1.69. The fourth-order valence-electron chi connectivity index (χ4n) is 2.89. The van der Waals surface area contributed by atoms with Crippen molar-refractivity contribution in [3.63, 3.8) is 0 Å². The van der Waals surface area contributed by atoms with Crippen molar-refractivity contribution in [3.05, 3.63) is 40.8 Å². The largest absolute Gasteiger partial charge is 0.383 e. The molecule has 0 bridgehead atoms. The van der Waals surface area contributed by atoms with Crippen molar-refractivity contribution >= 4 is 33.8 Å². The summed E-state index contributed by atoms with van der Waals surface area (Å²) < 4.78 is 7.39. The van der Waals surface area contributed by atoms with E-state index in [9.17, 15) is 4.79 Å². The summed E-state index contributed by atoms with van der Waals surface area (Å²) in [6, 6.07) is 3.91. The first-order chi connectivity index (χ1) is 12.5. The highest BCUT2D eigenvalue weighted by molar-refractivity contribution is 7.99. The Hall–Kier alpha value is -2.12. The highest BCUT2D eigenvalue weighted by Gasteiger charge is 2.14. The van der Waals surface area contributed by atoms with Crippen LogP contribution in [0, 0.1) is 5.92 Å². The second kappa shape index (κ2) is 8.05. The maximum atomic E-state index is 12.3. The summed E-state index contributed by atoms with van der Waals surface area (Å²) >= 11 is 1.63. The molecule has 0 aliphatic rings. The van der Waals surface area contributed by atoms with E-state index in [4.69, 9.17) is 9.72 Å². The average Bonchev–Trinajstić information content (AvgIpc) is 2.93. The summed E-state index contributed by atoms with van der Waals surface area (Å²) in [5.74, 6) is 1.16. The van der Waals surface area contributed by atoms with Crippen molar-refractivity contribution in [1.29, 1.82) is 0 Å². The number of hydrogen-bond acceptors (Lipinski definition) is 5. The van der Waals surface area contributed by atoms with E-state index in [1.165, 1.54) is 0 Å². The molecular weight excluding hydrogens is 348 g/mol. The average molecular weight is 372 g/mol. The molecule has 0 aliphatic carbocycles. The van der Waals surface area contributed by atoms with Gasteiger partial charge in [-0.05, 0) is 24.5 Å². The minimum absolute atomic E-state index is 0.120. The topological polar surface area (TPSA) is 72.8 Å². The lowest BCUT2D eigenvalue weighted by Gasteiger charge is -2.08. The van der Waals surface area contributed by atoms with Gasteiger partial charge < -0.3 is 14.3 Å². The Morgan fingerprint density at radius 2 is 2.15 bits per heavy atom. The molecule has 1 aromatic carbocycles. The minimum Gasteiger partial charge on any atom is -0.383 e. The number of nitrogens with zero attached hydrogens (tertiary/aromatic N) is 3. The van der Waals surface area contributed by atoms with Gasteiger partial charge in [-0.1, -0.05) is 31.7 Å². The zero-order valence-electron chi connectivity index (χ0n) is 15.4. The summed E-state index contributed by atoms with van der Waals surface area (Å²) in [6.07, 6.45) is 2.52. The number of methoxy groups -OCH3 is 1. The van der Waals surface area contributed by atoms with Gasteiger partial charge in [0.1, 0.15) is 5.69 Å². The van der Waals surface area contributed by atoms with Crippen LogP contribution in [0.1, 0.15) is 19.5 Å². The predicted octanol–water partition coefficient (Wildman–Crippen LogP) is 3.40. The van der Waals surface area contributed by atoms with Gasteiger partial charge in [0.2, 0.25) is 0 Å². The first kappa shape index (κ1) is 18.7. The van der Waals surface area contributed by atoms with Crippen LogP contribution in [0.4, 0.5) is 0 Å². The summed E-state index contributed by atoms with van der Waals surface area (Å²) in [5, 5.41) is 0.914. The molecule has 2 heterocycles. The smallest absolute Gasteiger partial charge is 0.270 e. The molecule has 0 unspecified atom stereocenters. The third-order valence-corrected chi connectivity index (χ3v) is 5.02. The molecule has 0 saturated carbocycles. The summed E-state index contributed by atoms with van der Waals surface area (Å²) in [6.45, 7) is 9.25. The Balaban J connectivity index is 2.16. The molecule has 7 heteroatoms. The van der Waals surface area contributed by atoms with Gasteiger partial charge in [-0.15, -0.1) is 6.58 Å². The van der Waals surface area contributed by atoms with E-state index in [1.54, 1.807) is 18.9 Å². The van der Waals surface area contributed by atoms with Crippen molar-refractivity contribution in [3.8, 4) is 0 Å². The molecule has 0 atom stereocenters. The highest BCUT2D eigenvalue weighted by atomic mass is 32.2. The van der Waals surface area contributed by atoms with E-state index < -0.39 is 0 Å². The van der Waals surface area contributed by atoms with E-state index in [0.29, 0.717) is 36.7 Å². The molecule has 0 spiro atoms. The Labute approximate surface area is 156 Å². The quantitative estimate of drug-likeness (QED) is 0.485. The zero-order valence-corrected chi connectivity index (χ0v) is 16.2. The predicted molar refractivity (Wildman–Crippen MR) is 107 cm³/mol. The van der Waals surface area contributed by atoms with Crippen molar-refractivity contribution in [1.82, 2.24) is 19.5 Å². The molecule has 1 N–H and O–H groups in total. The molecule has 0 fully saturated rings. The number of nitrogens with one attached hydrogen (secondary N) is 1. The van der Waals surface area contributed by atoms with Crippen LogP contribution in [-0.2, 0) is 17.7 Å². The first-order valence-electron chi connectivity index (χ1n) is 8.69. The van der Waals surface area contributed by atoms with E-state index >= 15 is 0 Å². The number of ether oxygens (including phenoxy) is 1. The highest BCUT2D eigenvalue weighted by Crippen LogP contribution is 2.27. The third kappa shape index (κ3) is 3.83. The van der Waals surface area contributed by atoms with E-state index in [2.05, 4.69) is 35.0 Å². The van der Waals surface area contributed by atoms with Gasteiger partial charge in [-0.3, -0.25) is 4.79 Å². The maximum Gasteiger partial charge on any atom is 0.270 e. The third-order valence-electron chi connectivity index (χ3n) is 4.05. The number of rotatable bonds is 8. The number of fused-ring (bicyclic) bond motifs is 2. The number of H-pyrrole nitrogens is 1. The van der Waals surface area contributed by atoms with Gasteiger partial charge in [-0.2, -0.15) is 0 Å². The molecule has 0 aliphatic heterocycles. The number of imidazole rings is 1. The monoisotopic (exact) mass is 372 g/mol. The van der Waals surface area contributed by atoms with Gasteiger partial charge >= 0.3 is 0 Å². The van der Waals surface area contributed by atoms with E-state index in [0.717, 1.165) is 27.5 Å². The van der Waals surface area contributed by atoms with Gasteiger partial charge in [0, 0.05) is 19.4 Å². The molecule has 3 aromatic rings. The van der Waals surface area contributed by atoms with Crippen LogP contribution in [-0.4, -0.2) is 39.0 Å². The standard InChI is InChI=1S/C19H24N4O2S/c1-5-8-26-19-22-15-10-13-14(11-17(15)23(19)6-7-25-4)20-16(9-12(2)3)18(24)21-13/h5,10-12H,1,6-9H2,2-4H3,(H,21,24). The number of aromatic amines is 1. The lowest BCUT2D eigenvalue weighted by atomic mass is 10.1. The van der Waals surface area contributed by atoms with Crippen molar-refractivity contribution in [2.24, 2.45) is 5.92 Å². The van der Waals surface area contributed by atoms with Crippen LogP contribution in [0.15, 0.2) is 34.7 Å². The van der Waals surface area contributed by atoms with Crippen molar-refractivity contribution in [2.75, 3.05) is 19.5 Å². The molecule has 138 valence electrons. The van der Waals surface area contributed by atoms with E-state index in [-0.39, 0.29) is 5.56 Å². The zero-order chi connectivity index (χ0) is 18.7. The van der Waals surface area contributed by atoms with Gasteiger partial charge in [0.15, 0.2) is 5.16 Å². The van der Waals surface area contributed by atoms with Gasteiger partial charge in [0.05, 0.1) is 28.7 Å². The van der Waals surface area contributed by atoms with Crippen LogP contribution < -0.4 is 5.56 Å². The first-order valence-corrected chi connectivity index (χ1v) is 9.68. The van der Waals surface area contributed by atoms with Crippen LogP contribution in [0.5, 0.6) is 0 Å². The fraction of sp³-hybridized carbons (Fsp3) is 0.421. The number of hydrogen-bond donors (Lipinski definition) is 1. The minimum atomic E-state index is -0.120. The molecule has 0 radical (unpaired) electrons. The molecular formula is C19H24N4O2S. The van der Waals surface area contributed by atoms with Crippen LogP contribution in [0.25, 0.3) is 22.1 Å². The van der Waals surface area contributed by atoms with Gasteiger partial charge in [-0.25, -0.2) is 9.97 Å². The number of benzene rings is 1. The Morgan fingerprint density at radius 3 is 2.85 bits per heavy atom. The number of aromatic nitrogens is 4. The van der Waals surface area contributed by atoms with Crippen molar-refractivity contribution in [2.45, 2.75) is 32.0 Å². The summed E-state index contributed by atoms with van der Waals surface area (Å²) in [4.78, 5) is 24.6. The fourth-order valence-corrected chi connectivity index (χ4v) is 3.66. The van der Waals surface area contributed by atoms with Crippen LogP contribution in [0.3, 0.4) is 0 Å². The van der Waals surface area contributed by atoms with Crippen molar-refractivity contribution < 1.29 is 4.74 Å². The molecule has 26 heavy (non-hydrogen) atoms. The molecule has 3 rings (SSSR count). The lowest BCUT2D eigenvalue weighted by Crippen LogP contribution is -2.17. The van der Waals surface area contributed by atoms with Crippen LogP contribution in [0.2, 0.25) is 0 Å². The SMILES string of the molecule is C=CCSc1nc2cc3[nH]c(=O)c(CC(C)C)nc3cc2n1CCOC. The maximum absolute atomic E-state index is 12.3. The Bertz CT molecular complexity index is 991. The van der Waals surface area contributed by atoms with E-state index in [1.807, 2.05) is 18.2 Å². The Kier molecular flexibility index (Phi) is 5.78. The lowest BCUT2D eigenvalue weighted by molar-refractivity contribution is 0.186. The number of thioether (sulfide) groups is 1. The molecule has 0 amide bonds. The van der Waals surface area contributed by atoms with Crippen LogP contribution >= 0.6 is 11.8 Å². The van der Waals surface area contributed by atoms with Gasteiger partial charge in [0.25, 0.3) is 5.56 Å². The molecule has 2 aromatic heterocycles. The second-order valence-electron chi connectivity index (χ2n) is 6.61. The summed E-state index contributed by atoms with van der Waals surface area (Å²) in [5.41, 5.74) is 3.80. The second-order valence-corrected chi connectivity index (χ2v) is 7.59. The normalized spacial score (nSPS) is 11.7.